The van der Waals surface area contributed by atoms with Crippen molar-refractivity contribution in [2.45, 2.75) is 19.1 Å². The molecule has 126 valence electrons. The Morgan fingerprint density at radius 1 is 1.29 bits per heavy atom. The van der Waals surface area contributed by atoms with Crippen LogP contribution in [-0.4, -0.2) is 10.8 Å². The largest absolute Gasteiger partial charge is 0.489 e. The maximum atomic E-state index is 13.2. The number of primary amides is 1. The summed E-state index contributed by atoms with van der Waals surface area (Å²) in [6, 6.07) is 8.91. The summed E-state index contributed by atoms with van der Waals surface area (Å²) in [4.78, 5) is 21.4. The van der Waals surface area contributed by atoms with Crippen LogP contribution in [-0.2, 0) is 11.4 Å². The summed E-state index contributed by atoms with van der Waals surface area (Å²) >= 11 is 0. The lowest BCUT2D eigenvalue weighted by Gasteiger charge is -2.16. The molecule has 0 aliphatic rings. The van der Waals surface area contributed by atoms with Crippen LogP contribution in [0.3, 0.4) is 0 Å². The van der Waals surface area contributed by atoms with Gasteiger partial charge in [0.1, 0.15) is 18.2 Å². The van der Waals surface area contributed by atoms with Gasteiger partial charge in [-0.3, -0.25) is 14.9 Å². The Morgan fingerprint density at radius 2 is 2.04 bits per heavy atom. The molecular weight excluding hydrogens is 317 g/mol. The molecule has 1 amide bonds. The maximum Gasteiger partial charge on any atom is 0.270 e. The minimum absolute atomic E-state index is 0.0475. The summed E-state index contributed by atoms with van der Waals surface area (Å²) in [7, 11) is 0. The van der Waals surface area contributed by atoms with Crippen molar-refractivity contribution in [2.75, 3.05) is 0 Å². The molecule has 0 aromatic heterocycles. The zero-order valence-electron chi connectivity index (χ0n) is 12.6. The lowest BCUT2D eigenvalue weighted by molar-refractivity contribution is -0.385. The number of non-ortho nitro benzene ring substituents is 1. The predicted molar refractivity (Wildman–Crippen MR) is 84.6 cm³/mol. The first-order chi connectivity index (χ1) is 11.4. The Morgan fingerprint density at radius 3 is 2.67 bits per heavy atom. The average Bonchev–Trinajstić information content (AvgIpc) is 2.52. The third-order valence-corrected chi connectivity index (χ3v) is 3.31. The fraction of sp³-hybridized carbons (Fsp3) is 0.188. The number of nitro benzene ring substituents is 1. The van der Waals surface area contributed by atoms with Crippen molar-refractivity contribution in [3.8, 4) is 5.75 Å². The highest BCUT2D eigenvalue weighted by atomic mass is 19.1. The first-order valence-electron chi connectivity index (χ1n) is 7.06. The fourth-order valence-electron chi connectivity index (χ4n) is 2.19. The predicted octanol–water partition coefficient (Wildman–Crippen LogP) is 2.19. The Hall–Kier alpha value is -3.00. The Balaban J connectivity index is 2.26. The molecule has 4 N–H and O–H groups in total. The topological polar surface area (TPSA) is 121 Å². The van der Waals surface area contributed by atoms with Crippen LogP contribution in [0.1, 0.15) is 23.6 Å². The van der Waals surface area contributed by atoms with E-state index in [1.807, 2.05) is 0 Å². The number of amides is 1. The Bertz CT molecular complexity index is 767. The summed E-state index contributed by atoms with van der Waals surface area (Å²) in [6.45, 7) is 0.0475. The van der Waals surface area contributed by atoms with E-state index >= 15 is 0 Å². The van der Waals surface area contributed by atoms with E-state index in [1.165, 1.54) is 30.3 Å². The number of rotatable bonds is 7. The van der Waals surface area contributed by atoms with Crippen molar-refractivity contribution in [3.63, 3.8) is 0 Å². The van der Waals surface area contributed by atoms with Crippen molar-refractivity contribution in [1.29, 1.82) is 0 Å². The lowest BCUT2D eigenvalue weighted by Crippen LogP contribution is -2.21. The Kier molecular flexibility index (Phi) is 5.43. The molecule has 8 heteroatoms. The summed E-state index contributed by atoms with van der Waals surface area (Å²) in [5.41, 5.74) is 11.7. The van der Waals surface area contributed by atoms with Gasteiger partial charge < -0.3 is 16.2 Å². The van der Waals surface area contributed by atoms with Crippen LogP contribution >= 0.6 is 0 Å². The van der Waals surface area contributed by atoms with Gasteiger partial charge in [0.15, 0.2) is 0 Å². The Labute approximate surface area is 137 Å². The highest BCUT2D eigenvalue weighted by molar-refractivity contribution is 5.75. The van der Waals surface area contributed by atoms with Gasteiger partial charge in [-0.1, -0.05) is 12.1 Å². The minimum Gasteiger partial charge on any atom is -0.489 e. The quantitative estimate of drug-likeness (QED) is 0.594. The van der Waals surface area contributed by atoms with Gasteiger partial charge in [-0.05, 0) is 23.8 Å². The number of nitrogens with zero attached hydrogens (tertiary/aromatic N) is 1. The molecule has 24 heavy (non-hydrogen) atoms. The van der Waals surface area contributed by atoms with Crippen LogP contribution in [0.4, 0.5) is 10.1 Å². The van der Waals surface area contributed by atoms with E-state index < -0.39 is 22.7 Å². The second-order valence-corrected chi connectivity index (χ2v) is 5.17. The molecule has 0 spiro atoms. The van der Waals surface area contributed by atoms with Crippen molar-refractivity contribution < 1.29 is 18.8 Å². The zero-order chi connectivity index (χ0) is 17.7. The van der Waals surface area contributed by atoms with Gasteiger partial charge in [0.2, 0.25) is 5.91 Å². The van der Waals surface area contributed by atoms with Crippen LogP contribution in [0.2, 0.25) is 0 Å². The van der Waals surface area contributed by atoms with Gasteiger partial charge in [-0.25, -0.2) is 4.39 Å². The number of carbonyl (C=O) groups is 1. The van der Waals surface area contributed by atoms with Crippen LogP contribution in [0, 0.1) is 15.9 Å². The summed E-state index contributed by atoms with van der Waals surface area (Å²) < 4.78 is 18.8. The van der Waals surface area contributed by atoms with E-state index in [9.17, 15) is 19.3 Å². The number of nitro groups is 1. The van der Waals surface area contributed by atoms with Crippen molar-refractivity contribution in [2.24, 2.45) is 11.5 Å². The monoisotopic (exact) mass is 333 g/mol. The van der Waals surface area contributed by atoms with Crippen LogP contribution < -0.4 is 16.2 Å². The molecule has 0 bridgehead atoms. The smallest absolute Gasteiger partial charge is 0.270 e. The first-order valence-corrected chi connectivity index (χ1v) is 7.06. The lowest BCUT2D eigenvalue weighted by atomic mass is 10.0. The van der Waals surface area contributed by atoms with Gasteiger partial charge in [-0.15, -0.1) is 0 Å². The van der Waals surface area contributed by atoms with Crippen LogP contribution in [0.25, 0.3) is 0 Å². The molecule has 0 aliphatic heterocycles. The number of carbonyl (C=O) groups excluding carboxylic acids is 1. The molecule has 0 saturated carbocycles. The summed E-state index contributed by atoms with van der Waals surface area (Å²) in [5.74, 6) is -0.755. The molecule has 1 atom stereocenters. The third kappa shape index (κ3) is 4.50. The molecule has 0 radical (unpaired) electrons. The molecule has 2 aromatic carbocycles. The van der Waals surface area contributed by atoms with Crippen molar-refractivity contribution >= 4 is 11.6 Å². The number of hydrogen-bond donors (Lipinski definition) is 2. The number of benzene rings is 2. The number of hydrogen-bond acceptors (Lipinski definition) is 5. The molecule has 2 rings (SSSR count). The standard InChI is InChI=1S/C16H16FN3O4/c17-11-3-1-2-10(6-11)9-24-15-5-4-12(20(22)23)7-13(15)14(18)8-16(19)21/h1-7,14H,8-9,18H2,(H2,19,21). The molecule has 0 saturated heterocycles. The fourth-order valence-corrected chi connectivity index (χ4v) is 2.19. The number of nitrogens with two attached hydrogens (primary N) is 2. The van der Waals surface area contributed by atoms with Gasteiger partial charge in [-0.2, -0.15) is 0 Å². The molecule has 1 unspecified atom stereocenters. The zero-order valence-corrected chi connectivity index (χ0v) is 12.6. The van der Waals surface area contributed by atoms with Crippen molar-refractivity contribution in [3.05, 3.63) is 69.5 Å². The van der Waals surface area contributed by atoms with E-state index in [1.54, 1.807) is 12.1 Å². The van der Waals surface area contributed by atoms with E-state index in [-0.39, 0.29) is 24.5 Å². The third-order valence-electron chi connectivity index (χ3n) is 3.31. The van der Waals surface area contributed by atoms with Gasteiger partial charge in [0.25, 0.3) is 5.69 Å². The number of halogens is 1. The molecular formula is C16H16FN3O4. The second kappa shape index (κ2) is 7.51. The molecule has 2 aromatic rings. The van der Waals surface area contributed by atoms with E-state index in [0.717, 1.165) is 0 Å². The van der Waals surface area contributed by atoms with Gasteiger partial charge >= 0.3 is 0 Å². The highest BCUT2D eigenvalue weighted by Crippen LogP contribution is 2.30. The van der Waals surface area contributed by atoms with Gasteiger partial charge in [0, 0.05) is 30.2 Å². The number of ether oxygens (including phenoxy) is 1. The maximum absolute atomic E-state index is 13.2. The molecule has 0 aliphatic carbocycles. The highest BCUT2D eigenvalue weighted by Gasteiger charge is 2.19. The van der Waals surface area contributed by atoms with E-state index in [4.69, 9.17) is 16.2 Å². The minimum atomic E-state index is -0.843. The second-order valence-electron chi connectivity index (χ2n) is 5.17. The van der Waals surface area contributed by atoms with Crippen molar-refractivity contribution in [1.82, 2.24) is 0 Å². The average molecular weight is 333 g/mol. The van der Waals surface area contributed by atoms with Crippen LogP contribution in [0.5, 0.6) is 5.75 Å². The SMILES string of the molecule is NC(=O)CC(N)c1cc([N+](=O)[O-])ccc1OCc1cccc(F)c1. The van der Waals surface area contributed by atoms with Gasteiger partial charge in [0.05, 0.1) is 4.92 Å². The van der Waals surface area contributed by atoms with E-state index in [2.05, 4.69) is 0 Å². The normalized spacial score (nSPS) is 11.8. The first kappa shape index (κ1) is 17.4. The molecule has 7 nitrogen and oxygen atoms in total. The summed E-state index contributed by atoms with van der Waals surface area (Å²) in [6.07, 6.45) is -0.183. The van der Waals surface area contributed by atoms with Crippen LogP contribution in [0.15, 0.2) is 42.5 Å². The molecule has 0 heterocycles. The summed E-state index contributed by atoms with van der Waals surface area (Å²) in [5, 5.41) is 10.9. The molecule has 0 fully saturated rings. The van der Waals surface area contributed by atoms with E-state index in [0.29, 0.717) is 11.1 Å².